The molecule has 1 fully saturated rings. The van der Waals surface area contributed by atoms with Crippen LogP contribution in [0.15, 0.2) is 30.3 Å². The molecule has 3 rings (SSSR count). The highest BCUT2D eigenvalue weighted by molar-refractivity contribution is 5.45. The summed E-state index contributed by atoms with van der Waals surface area (Å²) in [6.07, 6.45) is 0.807. The molecule has 2 aromatic rings. The average molecular weight is 329 g/mol. The number of hydrogen-bond acceptors (Lipinski definition) is 5. The van der Waals surface area contributed by atoms with Crippen LogP contribution in [0, 0.1) is 12.7 Å². The zero-order chi connectivity index (χ0) is 16.9. The van der Waals surface area contributed by atoms with E-state index in [1.54, 1.807) is 0 Å². The Morgan fingerprint density at radius 2 is 1.79 bits per heavy atom. The molecule has 5 nitrogen and oxygen atoms in total. The lowest BCUT2D eigenvalue weighted by Gasteiger charge is -2.33. The third kappa shape index (κ3) is 4.41. The lowest BCUT2D eigenvalue weighted by molar-refractivity contribution is 0.312. The van der Waals surface area contributed by atoms with E-state index in [1.165, 1.54) is 12.1 Å². The van der Waals surface area contributed by atoms with Crippen molar-refractivity contribution in [1.29, 1.82) is 0 Å². The maximum absolute atomic E-state index is 12.9. The molecule has 1 aliphatic heterocycles. The summed E-state index contributed by atoms with van der Waals surface area (Å²) in [5, 5.41) is 3.28. The molecule has 24 heavy (non-hydrogen) atoms. The Morgan fingerprint density at radius 3 is 2.50 bits per heavy atom. The maximum atomic E-state index is 12.9. The second kappa shape index (κ2) is 7.57. The lowest BCUT2D eigenvalue weighted by atomic mass is 10.1. The molecular formula is C18H24FN5. The lowest BCUT2D eigenvalue weighted by Crippen LogP contribution is -2.44. The molecule has 128 valence electrons. The fourth-order valence-electron chi connectivity index (χ4n) is 2.80. The second-order valence-corrected chi connectivity index (χ2v) is 6.28. The van der Waals surface area contributed by atoms with Crippen molar-refractivity contribution in [3.63, 3.8) is 0 Å². The molecule has 2 heterocycles. The minimum Gasteiger partial charge on any atom is -0.354 e. The van der Waals surface area contributed by atoms with Crippen LogP contribution in [-0.2, 0) is 6.42 Å². The van der Waals surface area contributed by atoms with Crippen molar-refractivity contribution in [2.24, 2.45) is 0 Å². The van der Waals surface area contributed by atoms with Gasteiger partial charge < -0.3 is 15.1 Å². The fourth-order valence-corrected chi connectivity index (χ4v) is 2.80. The monoisotopic (exact) mass is 329 g/mol. The minimum absolute atomic E-state index is 0.203. The highest BCUT2D eigenvalue weighted by atomic mass is 19.1. The van der Waals surface area contributed by atoms with E-state index in [1.807, 2.05) is 25.1 Å². The topological polar surface area (TPSA) is 44.3 Å². The summed E-state index contributed by atoms with van der Waals surface area (Å²) >= 11 is 0. The molecule has 1 aromatic carbocycles. The van der Waals surface area contributed by atoms with Crippen molar-refractivity contribution in [2.45, 2.75) is 13.3 Å². The van der Waals surface area contributed by atoms with E-state index in [0.717, 1.165) is 56.2 Å². The third-order valence-electron chi connectivity index (χ3n) is 4.28. The number of anilines is 2. The van der Waals surface area contributed by atoms with Crippen LogP contribution in [0.3, 0.4) is 0 Å². The predicted molar refractivity (Wildman–Crippen MR) is 95.1 cm³/mol. The first kappa shape index (κ1) is 16.6. The number of nitrogens with zero attached hydrogens (tertiary/aromatic N) is 4. The molecule has 0 unspecified atom stereocenters. The number of nitrogens with one attached hydrogen (secondary N) is 1. The van der Waals surface area contributed by atoms with E-state index in [2.05, 4.69) is 32.1 Å². The molecule has 6 heteroatoms. The van der Waals surface area contributed by atoms with Gasteiger partial charge in [-0.15, -0.1) is 0 Å². The molecule has 1 aliphatic rings. The van der Waals surface area contributed by atoms with Crippen LogP contribution < -0.4 is 10.2 Å². The highest BCUT2D eigenvalue weighted by Gasteiger charge is 2.16. The van der Waals surface area contributed by atoms with E-state index in [-0.39, 0.29) is 5.82 Å². The van der Waals surface area contributed by atoms with Crippen LogP contribution in [0.25, 0.3) is 0 Å². The van der Waals surface area contributed by atoms with Crippen molar-refractivity contribution < 1.29 is 4.39 Å². The first-order valence-electron chi connectivity index (χ1n) is 8.37. The van der Waals surface area contributed by atoms with Gasteiger partial charge in [0.15, 0.2) is 0 Å². The number of aromatic nitrogens is 2. The third-order valence-corrected chi connectivity index (χ3v) is 4.28. The van der Waals surface area contributed by atoms with Crippen LogP contribution in [0.2, 0.25) is 0 Å². The first-order valence-corrected chi connectivity index (χ1v) is 8.37. The van der Waals surface area contributed by atoms with E-state index < -0.39 is 0 Å². The van der Waals surface area contributed by atoms with Crippen LogP contribution in [0.1, 0.15) is 11.3 Å². The van der Waals surface area contributed by atoms with Gasteiger partial charge in [-0.2, -0.15) is 4.98 Å². The van der Waals surface area contributed by atoms with Gasteiger partial charge in [0.2, 0.25) is 5.95 Å². The van der Waals surface area contributed by atoms with Gasteiger partial charge in [-0.05, 0) is 38.1 Å². The summed E-state index contributed by atoms with van der Waals surface area (Å²) in [7, 11) is 2.14. The molecule has 1 saturated heterocycles. The van der Waals surface area contributed by atoms with Crippen LogP contribution in [0.4, 0.5) is 16.2 Å². The molecule has 1 aromatic heterocycles. The molecule has 0 aliphatic carbocycles. The second-order valence-electron chi connectivity index (χ2n) is 6.28. The first-order chi connectivity index (χ1) is 11.6. The Kier molecular flexibility index (Phi) is 5.25. The van der Waals surface area contributed by atoms with Crippen molar-refractivity contribution >= 4 is 11.8 Å². The van der Waals surface area contributed by atoms with Gasteiger partial charge in [-0.3, -0.25) is 0 Å². The van der Waals surface area contributed by atoms with Crippen LogP contribution in [-0.4, -0.2) is 54.6 Å². The van der Waals surface area contributed by atoms with E-state index in [0.29, 0.717) is 5.95 Å². The van der Waals surface area contributed by atoms with Gasteiger partial charge in [0.1, 0.15) is 11.6 Å². The summed E-state index contributed by atoms with van der Waals surface area (Å²) in [5.74, 6) is 1.44. The van der Waals surface area contributed by atoms with Gasteiger partial charge in [-0.25, -0.2) is 9.37 Å². The molecule has 0 atom stereocenters. The van der Waals surface area contributed by atoms with Crippen LogP contribution in [0.5, 0.6) is 0 Å². The number of benzene rings is 1. The summed E-state index contributed by atoms with van der Waals surface area (Å²) in [6, 6.07) is 8.64. The number of hydrogen-bond donors (Lipinski definition) is 1. The summed E-state index contributed by atoms with van der Waals surface area (Å²) in [5.41, 5.74) is 2.05. The Bertz CT molecular complexity index is 666. The Hall–Kier alpha value is -2.21. The maximum Gasteiger partial charge on any atom is 0.224 e. The van der Waals surface area contributed by atoms with Crippen molar-refractivity contribution in [2.75, 3.05) is 50.0 Å². The van der Waals surface area contributed by atoms with Gasteiger partial charge in [0.05, 0.1) is 0 Å². The molecule has 0 saturated carbocycles. The SMILES string of the molecule is Cc1cc(N2CCN(C)CC2)nc(NCCc2ccc(F)cc2)n1. The Labute approximate surface area is 142 Å². The molecule has 0 bridgehead atoms. The summed E-state index contributed by atoms with van der Waals surface area (Å²) in [6.45, 7) is 6.79. The van der Waals surface area contributed by atoms with Crippen molar-refractivity contribution in [3.05, 3.63) is 47.4 Å². The smallest absolute Gasteiger partial charge is 0.224 e. The average Bonchev–Trinajstić information content (AvgIpc) is 2.57. The van der Waals surface area contributed by atoms with Gasteiger partial charge >= 0.3 is 0 Å². The van der Waals surface area contributed by atoms with Gasteiger partial charge in [-0.1, -0.05) is 12.1 Å². The minimum atomic E-state index is -0.203. The van der Waals surface area contributed by atoms with E-state index in [9.17, 15) is 4.39 Å². The van der Waals surface area contributed by atoms with E-state index in [4.69, 9.17) is 0 Å². The molecule has 0 spiro atoms. The summed E-state index contributed by atoms with van der Waals surface area (Å²) in [4.78, 5) is 13.8. The Morgan fingerprint density at radius 1 is 1.08 bits per heavy atom. The number of halogens is 1. The van der Waals surface area contributed by atoms with Crippen LogP contribution >= 0.6 is 0 Å². The molecule has 0 amide bonds. The Balaban J connectivity index is 1.60. The predicted octanol–water partition coefficient (Wildman–Crippen LogP) is 2.33. The standard InChI is InChI=1S/C18H24FN5/c1-14-13-17(24-11-9-23(2)10-12-24)22-18(21-14)20-8-7-15-3-5-16(19)6-4-15/h3-6,13H,7-12H2,1-2H3,(H,20,21,22). The van der Waals surface area contributed by atoms with Gasteiger partial charge in [0, 0.05) is 44.5 Å². The van der Waals surface area contributed by atoms with Crippen molar-refractivity contribution in [1.82, 2.24) is 14.9 Å². The molecule has 1 N–H and O–H groups in total. The van der Waals surface area contributed by atoms with E-state index >= 15 is 0 Å². The number of piperazine rings is 1. The number of likely N-dealkylation sites (N-methyl/N-ethyl adjacent to an activating group) is 1. The highest BCUT2D eigenvalue weighted by Crippen LogP contribution is 2.16. The zero-order valence-electron chi connectivity index (χ0n) is 14.3. The van der Waals surface area contributed by atoms with Gasteiger partial charge in [0.25, 0.3) is 0 Å². The fraction of sp³-hybridized carbons (Fsp3) is 0.444. The molecular weight excluding hydrogens is 305 g/mol. The quantitative estimate of drug-likeness (QED) is 0.912. The van der Waals surface area contributed by atoms with Crippen molar-refractivity contribution in [3.8, 4) is 0 Å². The molecule has 0 radical (unpaired) electrons. The summed E-state index contributed by atoms with van der Waals surface area (Å²) < 4.78 is 12.9. The zero-order valence-corrected chi connectivity index (χ0v) is 14.3. The number of aryl methyl sites for hydroxylation is 1. The largest absolute Gasteiger partial charge is 0.354 e. The number of rotatable bonds is 5. The normalized spacial score (nSPS) is 15.5.